The van der Waals surface area contributed by atoms with Crippen LogP contribution >= 0.6 is 11.6 Å². The van der Waals surface area contributed by atoms with E-state index in [1.165, 1.54) is 16.7 Å². The van der Waals surface area contributed by atoms with Crippen LogP contribution in [0.1, 0.15) is 16.7 Å². The van der Waals surface area contributed by atoms with Gasteiger partial charge in [-0.25, -0.2) is 0 Å². The molecule has 0 radical (unpaired) electrons. The summed E-state index contributed by atoms with van der Waals surface area (Å²) in [5, 5.41) is 3.09. The zero-order valence-corrected chi connectivity index (χ0v) is 10.3. The van der Waals surface area contributed by atoms with Crippen molar-refractivity contribution in [3.63, 3.8) is 0 Å². The lowest BCUT2D eigenvalue weighted by atomic mass is 10.0. The number of methoxy groups -OCH3 is 1. The minimum atomic E-state index is 0.493. The minimum Gasteiger partial charge on any atom is -0.496 e. The third kappa shape index (κ3) is 3.40. The van der Waals surface area contributed by atoms with Crippen LogP contribution in [0, 0.1) is 13.8 Å². The van der Waals surface area contributed by atoms with E-state index in [4.69, 9.17) is 16.3 Å². The zero-order chi connectivity index (χ0) is 11.3. The van der Waals surface area contributed by atoms with Crippen LogP contribution in [-0.4, -0.2) is 19.7 Å². The van der Waals surface area contributed by atoms with Crippen molar-refractivity contribution in [3.05, 3.63) is 28.8 Å². The van der Waals surface area contributed by atoms with E-state index in [0.29, 0.717) is 6.00 Å². The molecule has 0 fully saturated rings. The van der Waals surface area contributed by atoms with Crippen LogP contribution < -0.4 is 10.1 Å². The first-order valence-electron chi connectivity index (χ1n) is 5.09. The quantitative estimate of drug-likeness (QED) is 0.475. The molecule has 0 saturated carbocycles. The third-order valence-corrected chi connectivity index (χ3v) is 2.75. The molecule has 0 spiro atoms. The van der Waals surface area contributed by atoms with Crippen LogP contribution in [-0.2, 0) is 6.42 Å². The topological polar surface area (TPSA) is 21.3 Å². The molecule has 84 valence electrons. The highest BCUT2D eigenvalue weighted by atomic mass is 35.5. The van der Waals surface area contributed by atoms with E-state index in [1.54, 1.807) is 7.11 Å². The van der Waals surface area contributed by atoms with Gasteiger partial charge >= 0.3 is 0 Å². The van der Waals surface area contributed by atoms with E-state index in [0.717, 1.165) is 18.7 Å². The largest absolute Gasteiger partial charge is 0.496 e. The van der Waals surface area contributed by atoms with Crippen LogP contribution in [0.5, 0.6) is 5.75 Å². The monoisotopic (exact) mass is 227 g/mol. The van der Waals surface area contributed by atoms with Crippen LogP contribution in [0.3, 0.4) is 0 Å². The summed E-state index contributed by atoms with van der Waals surface area (Å²) >= 11 is 5.56. The van der Waals surface area contributed by atoms with Crippen molar-refractivity contribution < 1.29 is 4.74 Å². The molecule has 0 bridgehead atoms. The second kappa shape index (κ2) is 5.99. The molecule has 0 unspecified atom stereocenters. The molecule has 2 nitrogen and oxygen atoms in total. The molecule has 0 saturated heterocycles. The standard InChI is InChI=1S/C12H18ClNO/c1-9-6-11(4-5-14-8-13)12(15-3)7-10(9)2/h6-7,14H,4-5,8H2,1-3H3. The number of benzene rings is 1. The average molecular weight is 228 g/mol. The van der Waals surface area contributed by atoms with Crippen molar-refractivity contribution in [2.45, 2.75) is 20.3 Å². The first-order valence-corrected chi connectivity index (χ1v) is 5.63. The van der Waals surface area contributed by atoms with Crippen LogP contribution in [0.25, 0.3) is 0 Å². The Morgan fingerprint density at radius 3 is 2.53 bits per heavy atom. The van der Waals surface area contributed by atoms with Crippen molar-refractivity contribution in [2.75, 3.05) is 19.7 Å². The van der Waals surface area contributed by atoms with E-state index >= 15 is 0 Å². The molecule has 15 heavy (non-hydrogen) atoms. The third-order valence-electron chi connectivity index (χ3n) is 2.56. The fraction of sp³-hybridized carbons (Fsp3) is 0.500. The summed E-state index contributed by atoms with van der Waals surface area (Å²) < 4.78 is 5.35. The Kier molecular flexibility index (Phi) is 4.92. The van der Waals surface area contributed by atoms with Gasteiger partial charge in [0.1, 0.15) is 5.75 Å². The maximum atomic E-state index is 5.56. The number of nitrogens with one attached hydrogen (secondary N) is 1. The minimum absolute atomic E-state index is 0.493. The van der Waals surface area contributed by atoms with E-state index in [1.807, 2.05) is 0 Å². The summed E-state index contributed by atoms with van der Waals surface area (Å²) in [4.78, 5) is 0. The molecule has 0 aromatic heterocycles. The van der Waals surface area contributed by atoms with Gasteiger partial charge in [0.15, 0.2) is 0 Å². The van der Waals surface area contributed by atoms with Crippen LogP contribution in [0.2, 0.25) is 0 Å². The number of aryl methyl sites for hydroxylation is 2. The maximum absolute atomic E-state index is 5.56. The van der Waals surface area contributed by atoms with E-state index < -0.39 is 0 Å². The maximum Gasteiger partial charge on any atom is 0.122 e. The molecular weight excluding hydrogens is 210 g/mol. The molecule has 0 aliphatic rings. The molecule has 1 aromatic carbocycles. The lowest BCUT2D eigenvalue weighted by Crippen LogP contribution is -2.15. The van der Waals surface area contributed by atoms with Crippen molar-refractivity contribution in [1.29, 1.82) is 0 Å². The summed E-state index contributed by atoms with van der Waals surface area (Å²) in [5.74, 6) is 0.967. The molecule has 1 N–H and O–H groups in total. The lowest BCUT2D eigenvalue weighted by Gasteiger charge is -2.11. The molecule has 0 amide bonds. The van der Waals surface area contributed by atoms with Gasteiger partial charge in [-0.05, 0) is 43.0 Å². The molecule has 3 heteroatoms. The van der Waals surface area contributed by atoms with Crippen molar-refractivity contribution in [1.82, 2.24) is 5.32 Å². The predicted octanol–water partition coefficient (Wildman–Crippen LogP) is 2.64. The highest BCUT2D eigenvalue weighted by Crippen LogP contribution is 2.23. The van der Waals surface area contributed by atoms with Gasteiger partial charge in [0.2, 0.25) is 0 Å². The second-order valence-electron chi connectivity index (χ2n) is 3.63. The van der Waals surface area contributed by atoms with Gasteiger partial charge in [0.25, 0.3) is 0 Å². The molecule has 1 rings (SSSR count). The summed E-state index contributed by atoms with van der Waals surface area (Å²) in [5.41, 5.74) is 3.80. The smallest absolute Gasteiger partial charge is 0.122 e. The molecule has 1 aromatic rings. The number of alkyl halides is 1. The van der Waals surface area contributed by atoms with Crippen LogP contribution in [0.4, 0.5) is 0 Å². The fourth-order valence-electron chi connectivity index (χ4n) is 1.52. The Morgan fingerprint density at radius 2 is 1.93 bits per heavy atom. The molecule has 0 aliphatic heterocycles. The molecular formula is C12H18ClNO. The van der Waals surface area contributed by atoms with Gasteiger partial charge in [-0.3, -0.25) is 0 Å². The van der Waals surface area contributed by atoms with E-state index in [9.17, 15) is 0 Å². The summed E-state index contributed by atoms with van der Waals surface area (Å²) in [6.45, 7) is 5.09. The second-order valence-corrected chi connectivity index (χ2v) is 3.90. The highest BCUT2D eigenvalue weighted by molar-refractivity contribution is 6.17. The van der Waals surface area contributed by atoms with Gasteiger partial charge in [-0.1, -0.05) is 6.07 Å². The highest BCUT2D eigenvalue weighted by Gasteiger charge is 2.05. The number of hydrogen-bond donors (Lipinski definition) is 1. The summed E-state index contributed by atoms with van der Waals surface area (Å²) in [7, 11) is 1.71. The van der Waals surface area contributed by atoms with Crippen molar-refractivity contribution in [3.8, 4) is 5.75 Å². The Labute approximate surface area is 96.6 Å². The van der Waals surface area contributed by atoms with Gasteiger partial charge in [-0.2, -0.15) is 0 Å². The predicted molar refractivity (Wildman–Crippen MR) is 64.9 cm³/mol. The molecule has 0 heterocycles. The SMILES string of the molecule is COc1cc(C)c(C)cc1CCNCCl. The number of halogens is 1. The lowest BCUT2D eigenvalue weighted by molar-refractivity contribution is 0.409. The van der Waals surface area contributed by atoms with Crippen molar-refractivity contribution in [2.24, 2.45) is 0 Å². The van der Waals surface area contributed by atoms with Gasteiger partial charge in [-0.15, -0.1) is 11.6 Å². The van der Waals surface area contributed by atoms with E-state index in [-0.39, 0.29) is 0 Å². The van der Waals surface area contributed by atoms with E-state index in [2.05, 4.69) is 31.3 Å². The number of ether oxygens (including phenoxy) is 1. The first-order chi connectivity index (χ1) is 7.19. The Morgan fingerprint density at radius 1 is 1.27 bits per heavy atom. The average Bonchev–Trinajstić information content (AvgIpc) is 2.23. The van der Waals surface area contributed by atoms with Gasteiger partial charge in [0.05, 0.1) is 13.1 Å². The number of hydrogen-bond acceptors (Lipinski definition) is 2. The zero-order valence-electron chi connectivity index (χ0n) is 9.56. The van der Waals surface area contributed by atoms with Crippen LogP contribution in [0.15, 0.2) is 12.1 Å². The number of rotatable bonds is 5. The van der Waals surface area contributed by atoms with Crippen molar-refractivity contribution >= 4 is 11.6 Å². The Hall–Kier alpha value is -0.730. The summed E-state index contributed by atoms with van der Waals surface area (Å²) in [6, 6.07) is 4.77. The van der Waals surface area contributed by atoms with Gasteiger partial charge < -0.3 is 10.1 Å². The first kappa shape index (κ1) is 12.3. The normalized spacial score (nSPS) is 10.4. The molecule has 0 atom stereocenters. The fourth-order valence-corrected chi connectivity index (χ4v) is 1.66. The summed E-state index contributed by atoms with van der Waals surface area (Å²) in [6.07, 6.45) is 0.941. The Balaban J connectivity index is 2.80. The molecule has 0 aliphatic carbocycles. The Bertz CT molecular complexity index is 326. The van der Waals surface area contributed by atoms with Gasteiger partial charge in [0, 0.05) is 6.54 Å².